The molecule has 0 aromatic rings. The van der Waals surface area contributed by atoms with Crippen LogP contribution in [0.4, 0.5) is 0 Å². The minimum Gasteiger partial charge on any atom is -0.381 e. The van der Waals surface area contributed by atoms with Gasteiger partial charge in [-0.15, -0.1) is 0 Å². The molecule has 82 valence electrons. The van der Waals surface area contributed by atoms with Crippen LogP contribution in [0.25, 0.3) is 0 Å². The van der Waals surface area contributed by atoms with Crippen LogP contribution in [0.5, 0.6) is 0 Å². The Kier molecular flexibility index (Phi) is 3.42. The zero-order valence-electron chi connectivity index (χ0n) is 9.05. The van der Waals surface area contributed by atoms with E-state index < -0.39 is 0 Å². The maximum atomic E-state index is 5.96. The topological polar surface area (TPSA) is 30.5 Å². The Bertz CT molecular complexity index is 171. The predicted molar refractivity (Wildman–Crippen MR) is 55.4 cm³/mol. The van der Waals surface area contributed by atoms with Gasteiger partial charge in [0.2, 0.25) is 0 Å². The van der Waals surface area contributed by atoms with Gasteiger partial charge in [0.05, 0.1) is 5.60 Å². The van der Waals surface area contributed by atoms with E-state index >= 15 is 0 Å². The number of rotatable bonds is 2. The van der Waals surface area contributed by atoms with Gasteiger partial charge in [-0.3, -0.25) is 0 Å². The fourth-order valence-corrected chi connectivity index (χ4v) is 2.58. The molecule has 0 radical (unpaired) electrons. The van der Waals surface area contributed by atoms with E-state index in [0.717, 1.165) is 45.6 Å². The Labute approximate surface area is 86.2 Å². The van der Waals surface area contributed by atoms with Crippen LogP contribution < -0.4 is 5.32 Å². The first-order valence-corrected chi connectivity index (χ1v) is 5.80. The highest BCUT2D eigenvalue weighted by Crippen LogP contribution is 2.34. The van der Waals surface area contributed by atoms with Crippen molar-refractivity contribution in [2.24, 2.45) is 0 Å². The van der Waals surface area contributed by atoms with Crippen LogP contribution in [-0.2, 0) is 9.47 Å². The van der Waals surface area contributed by atoms with Gasteiger partial charge in [-0.1, -0.05) is 6.92 Å². The lowest BCUT2D eigenvalue weighted by Gasteiger charge is -2.43. The first-order valence-electron chi connectivity index (χ1n) is 5.80. The summed E-state index contributed by atoms with van der Waals surface area (Å²) < 4.78 is 11.4. The summed E-state index contributed by atoms with van der Waals surface area (Å²) in [4.78, 5) is 0. The third-order valence-corrected chi connectivity index (χ3v) is 3.39. The predicted octanol–water partition coefficient (Wildman–Crippen LogP) is 1.32. The Morgan fingerprint density at radius 1 is 1.29 bits per heavy atom. The van der Waals surface area contributed by atoms with E-state index in [0.29, 0.717) is 6.04 Å². The Morgan fingerprint density at radius 3 is 2.79 bits per heavy atom. The van der Waals surface area contributed by atoms with Gasteiger partial charge in [0.25, 0.3) is 0 Å². The monoisotopic (exact) mass is 199 g/mol. The minimum atomic E-state index is 0.142. The fourth-order valence-electron chi connectivity index (χ4n) is 2.58. The zero-order valence-corrected chi connectivity index (χ0v) is 9.05. The van der Waals surface area contributed by atoms with Gasteiger partial charge in [0.1, 0.15) is 0 Å². The van der Waals surface area contributed by atoms with E-state index in [1.165, 1.54) is 6.42 Å². The molecule has 1 N–H and O–H groups in total. The van der Waals surface area contributed by atoms with Crippen molar-refractivity contribution in [2.75, 3.05) is 26.4 Å². The van der Waals surface area contributed by atoms with Crippen LogP contribution >= 0.6 is 0 Å². The number of ether oxygens (including phenoxy) is 2. The Balaban J connectivity index is 1.91. The van der Waals surface area contributed by atoms with Crippen LogP contribution in [0.1, 0.15) is 32.6 Å². The molecule has 1 spiro atoms. The highest BCUT2D eigenvalue weighted by molar-refractivity contribution is 4.91. The van der Waals surface area contributed by atoms with Crippen LogP contribution in [0, 0.1) is 0 Å². The molecule has 1 unspecified atom stereocenters. The molecule has 3 nitrogen and oxygen atoms in total. The van der Waals surface area contributed by atoms with Gasteiger partial charge >= 0.3 is 0 Å². The molecule has 0 aromatic heterocycles. The maximum absolute atomic E-state index is 5.96. The fraction of sp³-hybridized carbons (Fsp3) is 1.00. The lowest BCUT2D eigenvalue weighted by atomic mass is 9.84. The van der Waals surface area contributed by atoms with Gasteiger partial charge < -0.3 is 14.8 Å². The second kappa shape index (κ2) is 4.60. The van der Waals surface area contributed by atoms with Gasteiger partial charge in [0.15, 0.2) is 0 Å². The highest BCUT2D eigenvalue weighted by Gasteiger charge is 2.38. The average molecular weight is 199 g/mol. The van der Waals surface area contributed by atoms with Gasteiger partial charge in [0, 0.05) is 25.9 Å². The van der Waals surface area contributed by atoms with Crippen LogP contribution in [-0.4, -0.2) is 38.0 Å². The summed E-state index contributed by atoms with van der Waals surface area (Å²) in [6, 6.07) is 0.659. The van der Waals surface area contributed by atoms with Crippen molar-refractivity contribution in [3.63, 3.8) is 0 Å². The molecule has 0 saturated carbocycles. The normalized spacial score (nSPS) is 31.9. The summed E-state index contributed by atoms with van der Waals surface area (Å²) in [7, 11) is 0. The molecule has 0 aliphatic carbocycles. The summed E-state index contributed by atoms with van der Waals surface area (Å²) >= 11 is 0. The van der Waals surface area contributed by atoms with E-state index in [1.54, 1.807) is 0 Å². The quantitative estimate of drug-likeness (QED) is 0.727. The van der Waals surface area contributed by atoms with Crippen LogP contribution in [0.15, 0.2) is 0 Å². The molecule has 0 bridgehead atoms. The van der Waals surface area contributed by atoms with E-state index in [4.69, 9.17) is 9.47 Å². The van der Waals surface area contributed by atoms with Crippen molar-refractivity contribution >= 4 is 0 Å². The molecule has 0 amide bonds. The molecule has 2 saturated heterocycles. The molecule has 1 atom stereocenters. The summed E-state index contributed by atoms with van der Waals surface area (Å²) in [6.45, 7) is 5.90. The average Bonchev–Trinajstić information content (AvgIpc) is 2.19. The lowest BCUT2D eigenvalue weighted by Crippen LogP contribution is -2.49. The molecule has 2 aliphatic rings. The second-order valence-electron chi connectivity index (χ2n) is 4.39. The van der Waals surface area contributed by atoms with E-state index in [-0.39, 0.29) is 5.60 Å². The molecule has 2 heterocycles. The van der Waals surface area contributed by atoms with Gasteiger partial charge in [-0.2, -0.15) is 0 Å². The largest absolute Gasteiger partial charge is 0.381 e. The molecule has 2 fully saturated rings. The summed E-state index contributed by atoms with van der Waals surface area (Å²) in [5, 5.41) is 3.54. The molecule has 0 aromatic carbocycles. The number of nitrogens with one attached hydrogen (secondary N) is 1. The lowest BCUT2D eigenvalue weighted by molar-refractivity contribution is -0.140. The van der Waals surface area contributed by atoms with Crippen molar-refractivity contribution in [3.05, 3.63) is 0 Å². The second-order valence-corrected chi connectivity index (χ2v) is 4.39. The van der Waals surface area contributed by atoms with Crippen LogP contribution in [0.2, 0.25) is 0 Å². The van der Waals surface area contributed by atoms with E-state index in [1.807, 2.05) is 0 Å². The standard InChI is InChI=1S/C11H21NO2/c1-2-12-10-3-6-14-11(9-10)4-7-13-8-5-11/h10,12H,2-9H2,1H3. The smallest absolute Gasteiger partial charge is 0.0741 e. The van der Waals surface area contributed by atoms with Gasteiger partial charge in [-0.05, 0) is 32.2 Å². The number of hydrogen-bond donors (Lipinski definition) is 1. The SMILES string of the molecule is CCNC1CCOC2(CCOCC2)C1. The van der Waals surface area contributed by atoms with Crippen molar-refractivity contribution in [3.8, 4) is 0 Å². The van der Waals surface area contributed by atoms with Gasteiger partial charge in [-0.25, -0.2) is 0 Å². The summed E-state index contributed by atoms with van der Waals surface area (Å²) in [5.74, 6) is 0. The number of hydrogen-bond acceptors (Lipinski definition) is 3. The molecule has 2 aliphatic heterocycles. The molecule has 2 rings (SSSR count). The zero-order chi connectivity index (χ0) is 9.86. The first kappa shape index (κ1) is 10.4. The van der Waals surface area contributed by atoms with Crippen molar-refractivity contribution in [1.29, 1.82) is 0 Å². The third-order valence-electron chi connectivity index (χ3n) is 3.39. The first-order chi connectivity index (χ1) is 6.85. The van der Waals surface area contributed by atoms with Crippen molar-refractivity contribution in [1.82, 2.24) is 5.32 Å². The van der Waals surface area contributed by atoms with Crippen molar-refractivity contribution in [2.45, 2.75) is 44.2 Å². The summed E-state index contributed by atoms with van der Waals surface area (Å²) in [5.41, 5.74) is 0.142. The molecular formula is C11H21NO2. The Hall–Kier alpha value is -0.120. The van der Waals surface area contributed by atoms with E-state index in [9.17, 15) is 0 Å². The van der Waals surface area contributed by atoms with E-state index in [2.05, 4.69) is 12.2 Å². The summed E-state index contributed by atoms with van der Waals surface area (Å²) in [6.07, 6.45) is 4.49. The highest BCUT2D eigenvalue weighted by atomic mass is 16.5. The molecular weight excluding hydrogens is 178 g/mol. The third kappa shape index (κ3) is 2.27. The minimum absolute atomic E-state index is 0.142. The molecule has 3 heteroatoms. The van der Waals surface area contributed by atoms with Crippen LogP contribution in [0.3, 0.4) is 0 Å². The Morgan fingerprint density at radius 2 is 2.07 bits per heavy atom. The molecule has 14 heavy (non-hydrogen) atoms. The maximum Gasteiger partial charge on any atom is 0.0741 e. The van der Waals surface area contributed by atoms with Crippen molar-refractivity contribution < 1.29 is 9.47 Å².